The summed E-state index contributed by atoms with van der Waals surface area (Å²) < 4.78 is 1.02. The number of likely N-dealkylation sites (tertiary alicyclic amines) is 1. The molecular formula is C15H21IN4O3. The lowest BCUT2D eigenvalue weighted by Crippen LogP contribution is -2.46. The van der Waals surface area contributed by atoms with E-state index in [1.807, 2.05) is 13.1 Å². The molecule has 0 spiro atoms. The van der Waals surface area contributed by atoms with Gasteiger partial charge in [0, 0.05) is 19.6 Å². The molecule has 1 saturated heterocycles. The van der Waals surface area contributed by atoms with Crippen LogP contribution in [0.15, 0.2) is 6.20 Å². The number of carbonyl (C=O) groups excluding carboxylic acids is 1. The first-order valence-electron chi connectivity index (χ1n) is 7.79. The molecule has 1 aromatic heterocycles. The maximum Gasteiger partial charge on any atom is 0.407 e. The minimum absolute atomic E-state index is 0.0653. The first-order chi connectivity index (χ1) is 10.9. The summed E-state index contributed by atoms with van der Waals surface area (Å²) in [6.45, 7) is 2.64. The van der Waals surface area contributed by atoms with Crippen molar-refractivity contribution < 1.29 is 14.7 Å². The first kappa shape index (κ1) is 16.7. The molecule has 2 N–H and O–H groups in total. The molecule has 3 rings (SSSR count). The van der Waals surface area contributed by atoms with E-state index >= 15 is 0 Å². The number of rotatable bonds is 6. The number of piperidine rings is 1. The van der Waals surface area contributed by atoms with Gasteiger partial charge >= 0.3 is 6.09 Å². The van der Waals surface area contributed by atoms with Crippen LogP contribution in [0.3, 0.4) is 0 Å². The summed E-state index contributed by atoms with van der Waals surface area (Å²) in [7, 11) is 1.45. The van der Waals surface area contributed by atoms with Crippen molar-refractivity contribution in [1.29, 1.82) is 0 Å². The summed E-state index contributed by atoms with van der Waals surface area (Å²) >= 11 is 2.21. The fraction of sp³-hybridized carbons (Fsp3) is 0.667. The van der Waals surface area contributed by atoms with Crippen LogP contribution in [0.25, 0.3) is 0 Å². The third-order valence-corrected chi connectivity index (χ3v) is 5.64. The maximum atomic E-state index is 11.4. The molecule has 1 aromatic rings. The second-order valence-electron chi connectivity index (χ2n) is 6.63. The Morgan fingerprint density at radius 2 is 2.39 bits per heavy atom. The quantitative estimate of drug-likeness (QED) is 0.530. The number of nitrogens with zero attached hydrogens (tertiary/aromatic N) is 3. The van der Waals surface area contributed by atoms with Gasteiger partial charge in [0.05, 0.1) is 22.0 Å². The minimum atomic E-state index is -1.07. The second kappa shape index (κ2) is 6.39. The number of hydrogen-bond donors (Lipinski definition) is 2. The van der Waals surface area contributed by atoms with Gasteiger partial charge in [0.2, 0.25) is 0 Å². The number of imidazole rings is 1. The zero-order valence-corrected chi connectivity index (χ0v) is 15.3. The molecule has 23 heavy (non-hydrogen) atoms. The number of carboxylic acid groups (broad SMARTS) is 1. The predicted molar refractivity (Wildman–Crippen MR) is 92.1 cm³/mol. The van der Waals surface area contributed by atoms with E-state index in [9.17, 15) is 9.59 Å². The molecule has 126 valence electrons. The van der Waals surface area contributed by atoms with E-state index in [0.29, 0.717) is 18.5 Å². The average Bonchev–Trinajstić information content (AvgIpc) is 3.00. The minimum Gasteiger partial charge on any atom is -0.465 e. The normalized spacial score (nSPS) is 28.9. The van der Waals surface area contributed by atoms with E-state index < -0.39 is 12.1 Å². The molecule has 1 amide bonds. The number of hydrogen-bond acceptors (Lipinski definition) is 4. The van der Waals surface area contributed by atoms with Crippen molar-refractivity contribution in [1.82, 2.24) is 19.8 Å². The Kier molecular flexibility index (Phi) is 4.63. The van der Waals surface area contributed by atoms with E-state index in [0.717, 1.165) is 27.1 Å². The van der Waals surface area contributed by atoms with Gasteiger partial charge in [0.15, 0.2) is 0 Å². The van der Waals surface area contributed by atoms with E-state index in [2.05, 4.69) is 37.5 Å². The molecule has 8 heteroatoms. The van der Waals surface area contributed by atoms with E-state index in [1.54, 1.807) is 0 Å². The van der Waals surface area contributed by atoms with Crippen molar-refractivity contribution in [3.8, 4) is 0 Å². The van der Waals surface area contributed by atoms with Gasteiger partial charge in [0.1, 0.15) is 12.1 Å². The first-order valence-corrected chi connectivity index (χ1v) is 8.87. The smallest absolute Gasteiger partial charge is 0.407 e. The standard InChI is InChI=1S/C15H21IN4O3/c1-8(12(7-21)19(2)15(22)23)6-20-10-3-9(10)4-11(20)14-17-5-13(16)18-14/h5,7-12H,3-4,6H2,1-2H3,(H,17,18)(H,22,23)/t8-,9-,10-,11+,12?/m1/s1. The molecule has 1 unspecified atom stereocenters. The Balaban J connectivity index is 1.72. The van der Waals surface area contributed by atoms with Gasteiger partial charge in [-0.2, -0.15) is 0 Å². The van der Waals surface area contributed by atoms with Crippen LogP contribution in [-0.2, 0) is 4.79 Å². The molecule has 7 nitrogen and oxygen atoms in total. The fourth-order valence-corrected chi connectivity index (χ4v) is 4.15. The number of carbonyl (C=O) groups is 2. The van der Waals surface area contributed by atoms with Crippen molar-refractivity contribution in [2.75, 3.05) is 13.6 Å². The molecule has 0 bridgehead atoms. The van der Waals surface area contributed by atoms with Gasteiger partial charge in [-0.3, -0.25) is 4.90 Å². The van der Waals surface area contributed by atoms with Crippen LogP contribution >= 0.6 is 22.6 Å². The molecule has 1 aliphatic heterocycles. The van der Waals surface area contributed by atoms with Gasteiger partial charge in [-0.05, 0) is 47.3 Å². The summed E-state index contributed by atoms with van der Waals surface area (Å²) in [6.07, 6.45) is 3.78. The van der Waals surface area contributed by atoms with Gasteiger partial charge in [-0.25, -0.2) is 9.78 Å². The van der Waals surface area contributed by atoms with Crippen LogP contribution in [0.2, 0.25) is 0 Å². The van der Waals surface area contributed by atoms with Crippen LogP contribution in [-0.4, -0.2) is 62.9 Å². The SMILES string of the molecule is C[C@H](CN1[C@@H]2C[C@@H]2C[C@H]1c1ncc(I)[nH]1)C(C=O)N(C)C(=O)O. The number of nitrogens with one attached hydrogen (secondary N) is 1. The van der Waals surface area contributed by atoms with Crippen molar-refractivity contribution >= 4 is 35.0 Å². The zero-order valence-electron chi connectivity index (χ0n) is 13.1. The lowest BCUT2D eigenvalue weighted by atomic mass is 10.0. The highest BCUT2D eigenvalue weighted by Crippen LogP contribution is 2.53. The Morgan fingerprint density at radius 3 is 2.96 bits per heavy atom. The monoisotopic (exact) mass is 432 g/mol. The molecular weight excluding hydrogens is 411 g/mol. The van der Waals surface area contributed by atoms with Gasteiger partial charge in [-0.15, -0.1) is 0 Å². The van der Waals surface area contributed by atoms with Gasteiger partial charge in [0.25, 0.3) is 0 Å². The Hall–Kier alpha value is -1.16. The van der Waals surface area contributed by atoms with Gasteiger partial charge in [-0.1, -0.05) is 6.92 Å². The van der Waals surface area contributed by atoms with Crippen LogP contribution in [0.4, 0.5) is 4.79 Å². The molecule has 2 heterocycles. The largest absolute Gasteiger partial charge is 0.465 e. The van der Waals surface area contributed by atoms with Crippen LogP contribution in [0, 0.1) is 15.5 Å². The molecule has 0 radical (unpaired) electrons. The summed E-state index contributed by atoms with van der Waals surface area (Å²) in [5.74, 6) is 1.62. The summed E-state index contributed by atoms with van der Waals surface area (Å²) in [5.41, 5.74) is 0. The number of halogens is 1. The topological polar surface area (TPSA) is 89.5 Å². The number of amides is 1. The average molecular weight is 432 g/mol. The predicted octanol–water partition coefficient (Wildman–Crippen LogP) is 1.96. The molecule has 2 aliphatic rings. The lowest BCUT2D eigenvalue weighted by molar-refractivity contribution is -0.113. The van der Waals surface area contributed by atoms with Crippen molar-refractivity contribution in [2.24, 2.45) is 11.8 Å². The maximum absolute atomic E-state index is 11.4. The Bertz CT molecular complexity index is 607. The summed E-state index contributed by atoms with van der Waals surface area (Å²) in [6, 6.07) is 0.169. The molecule has 1 aliphatic carbocycles. The molecule has 5 atom stereocenters. The molecule has 2 fully saturated rings. The van der Waals surface area contributed by atoms with Crippen molar-refractivity contribution in [2.45, 2.75) is 37.9 Å². The number of likely N-dealkylation sites (N-methyl/N-ethyl adjacent to an activating group) is 1. The summed E-state index contributed by atoms with van der Waals surface area (Å²) in [4.78, 5) is 33.8. The van der Waals surface area contributed by atoms with Crippen molar-refractivity contribution in [3.05, 3.63) is 15.7 Å². The third kappa shape index (κ3) is 3.23. The van der Waals surface area contributed by atoms with Gasteiger partial charge < -0.3 is 19.8 Å². The highest BCUT2D eigenvalue weighted by atomic mass is 127. The number of aldehydes is 1. The summed E-state index contributed by atoms with van der Waals surface area (Å²) in [5, 5.41) is 9.12. The highest BCUT2D eigenvalue weighted by molar-refractivity contribution is 14.1. The van der Waals surface area contributed by atoms with Crippen molar-refractivity contribution in [3.63, 3.8) is 0 Å². The van der Waals surface area contributed by atoms with Crippen LogP contribution in [0.5, 0.6) is 0 Å². The second-order valence-corrected chi connectivity index (χ2v) is 7.79. The number of aromatic amines is 1. The number of H-pyrrole nitrogens is 1. The number of fused-ring (bicyclic) bond motifs is 1. The Morgan fingerprint density at radius 1 is 1.65 bits per heavy atom. The third-order valence-electron chi connectivity index (χ3n) is 5.09. The highest BCUT2D eigenvalue weighted by Gasteiger charge is 2.53. The van der Waals surface area contributed by atoms with E-state index in [-0.39, 0.29) is 12.0 Å². The lowest BCUT2D eigenvalue weighted by Gasteiger charge is -2.33. The van der Waals surface area contributed by atoms with E-state index in [1.165, 1.54) is 13.5 Å². The van der Waals surface area contributed by atoms with Crippen LogP contribution < -0.4 is 0 Å². The number of aromatic nitrogens is 2. The zero-order chi connectivity index (χ0) is 16.7. The Labute approximate surface area is 148 Å². The fourth-order valence-electron chi connectivity index (χ4n) is 3.73. The molecule has 0 aromatic carbocycles. The molecule has 1 saturated carbocycles. The van der Waals surface area contributed by atoms with Crippen LogP contribution in [0.1, 0.15) is 31.6 Å². The van der Waals surface area contributed by atoms with E-state index in [4.69, 9.17) is 5.11 Å².